The molecule has 0 radical (unpaired) electrons. The first-order valence-corrected chi connectivity index (χ1v) is 10.3. The summed E-state index contributed by atoms with van der Waals surface area (Å²) in [6.07, 6.45) is -0.0915. The van der Waals surface area contributed by atoms with Gasteiger partial charge in [0, 0.05) is 50.0 Å². The van der Waals surface area contributed by atoms with E-state index in [2.05, 4.69) is 27.5 Å². The number of aryl methyl sites for hydroxylation is 1. The van der Waals surface area contributed by atoms with E-state index in [1.54, 1.807) is 17.0 Å². The van der Waals surface area contributed by atoms with Crippen molar-refractivity contribution in [2.75, 3.05) is 58.2 Å². The number of amides is 3. The zero-order valence-corrected chi connectivity index (χ0v) is 17.7. The quantitative estimate of drug-likeness (QED) is 0.725. The second kappa shape index (κ2) is 9.56. The highest BCUT2D eigenvalue weighted by Gasteiger charge is 2.35. The number of nitrogens with zero attached hydrogens (tertiary/aromatic N) is 3. The number of hydrogen-bond acceptors (Lipinski definition) is 5. The third-order valence-corrected chi connectivity index (χ3v) is 5.85. The molecule has 3 rings (SSSR count). The van der Waals surface area contributed by atoms with Gasteiger partial charge in [-0.3, -0.25) is 19.3 Å². The Kier molecular flexibility index (Phi) is 7.10. The van der Waals surface area contributed by atoms with E-state index >= 15 is 0 Å². The van der Waals surface area contributed by atoms with Crippen LogP contribution in [-0.4, -0.2) is 91.3 Å². The van der Waals surface area contributed by atoms with Crippen LogP contribution < -0.4 is 10.6 Å². The van der Waals surface area contributed by atoms with E-state index in [-0.39, 0.29) is 30.7 Å². The van der Waals surface area contributed by atoms with E-state index in [0.717, 1.165) is 31.7 Å². The minimum Gasteiger partial charge on any atom is -0.353 e. The molecule has 0 spiro atoms. The molecule has 3 amide bonds. The number of anilines is 1. The van der Waals surface area contributed by atoms with Crippen molar-refractivity contribution in [2.24, 2.45) is 0 Å². The molecular formula is C20H28ClN5O3. The van der Waals surface area contributed by atoms with Gasteiger partial charge in [-0.25, -0.2) is 0 Å². The molecule has 2 fully saturated rings. The van der Waals surface area contributed by atoms with Gasteiger partial charge in [-0.05, 0) is 31.7 Å². The molecule has 2 N–H and O–H groups in total. The number of hydrogen-bond donors (Lipinski definition) is 2. The van der Waals surface area contributed by atoms with Gasteiger partial charge in [0.15, 0.2) is 0 Å². The fraction of sp³-hybridized carbons (Fsp3) is 0.550. The van der Waals surface area contributed by atoms with E-state index in [9.17, 15) is 14.4 Å². The number of carbonyl (C=O) groups is 3. The summed E-state index contributed by atoms with van der Waals surface area (Å²) in [5.41, 5.74) is 1.48. The summed E-state index contributed by atoms with van der Waals surface area (Å²) in [5, 5.41) is 6.08. The zero-order chi connectivity index (χ0) is 21.0. The summed E-state index contributed by atoms with van der Waals surface area (Å²) in [5.74, 6) is -0.731. The molecule has 0 aliphatic carbocycles. The SMILES string of the molecule is Cc1ccc(NC(=O)CC2C(=O)NCCN2C(=O)CN2CCN(C)CC2)cc1Cl. The number of halogens is 1. The van der Waals surface area contributed by atoms with Gasteiger partial charge in [0.2, 0.25) is 17.7 Å². The molecule has 1 aromatic carbocycles. The normalized spacial score (nSPS) is 21.0. The van der Waals surface area contributed by atoms with Gasteiger partial charge < -0.3 is 20.4 Å². The molecule has 2 saturated heterocycles. The molecular weight excluding hydrogens is 394 g/mol. The molecule has 1 atom stereocenters. The lowest BCUT2D eigenvalue weighted by molar-refractivity contribution is -0.145. The topological polar surface area (TPSA) is 85.0 Å². The Morgan fingerprint density at radius 1 is 1.21 bits per heavy atom. The summed E-state index contributed by atoms with van der Waals surface area (Å²) in [4.78, 5) is 43.7. The van der Waals surface area contributed by atoms with Crippen molar-refractivity contribution in [3.8, 4) is 0 Å². The van der Waals surface area contributed by atoms with Crippen LogP contribution >= 0.6 is 11.6 Å². The predicted octanol–water partition coefficient (Wildman–Crippen LogP) is 0.551. The average Bonchev–Trinajstić information content (AvgIpc) is 2.68. The largest absolute Gasteiger partial charge is 0.353 e. The highest BCUT2D eigenvalue weighted by molar-refractivity contribution is 6.31. The third kappa shape index (κ3) is 5.68. The molecule has 29 heavy (non-hydrogen) atoms. The van der Waals surface area contributed by atoms with E-state index in [0.29, 0.717) is 23.8 Å². The maximum atomic E-state index is 12.9. The molecule has 9 heteroatoms. The van der Waals surface area contributed by atoms with Crippen molar-refractivity contribution < 1.29 is 14.4 Å². The predicted molar refractivity (Wildman–Crippen MR) is 112 cm³/mol. The van der Waals surface area contributed by atoms with Crippen molar-refractivity contribution in [3.63, 3.8) is 0 Å². The van der Waals surface area contributed by atoms with Crippen molar-refractivity contribution in [1.29, 1.82) is 0 Å². The molecule has 0 bridgehead atoms. The van der Waals surface area contributed by atoms with E-state index < -0.39 is 6.04 Å². The van der Waals surface area contributed by atoms with Crippen LogP contribution in [0.5, 0.6) is 0 Å². The van der Waals surface area contributed by atoms with Crippen LogP contribution in [0.2, 0.25) is 5.02 Å². The number of likely N-dealkylation sites (N-methyl/N-ethyl adjacent to an activating group) is 1. The first-order chi connectivity index (χ1) is 13.8. The third-order valence-electron chi connectivity index (χ3n) is 5.44. The van der Waals surface area contributed by atoms with Gasteiger partial charge in [0.1, 0.15) is 6.04 Å². The van der Waals surface area contributed by atoms with E-state index in [4.69, 9.17) is 11.6 Å². The summed E-state index contributed by atoms with van der Waals surface area (Å²) in [6.45, 7) is 6.43. The van der Waals surface area contributed by atoms with Gasteiger partial charge in [0.25, 0.3) is 0 Å². The van der Waals surface area contributed by atoms with E-state index in [1.165, 1.54) is 0 Å². The van der Waals surface area contributed by atoms with Crippen molar-refractivity contribution >= 4 is 35.0 Å². The van der Waals surface area contributed by atoms with Crippen molar-refractivity contribution in [1.82, 2.24) is 20.0 Å². The van der Waals surface area contributed by atoms with Crippen LogP contribution in [-0.2, 0) is 14.4 Å². The molecule has 1 unspecified atom stereocenters. The van der Waals surface area contributed by atoms with Crippen LogP contribution in [0.1, 0.15) is 12.0 Å². The number of piperazine rings is 2. The second-order valence-electron chi connectivity index (χ2n) is 7.69. The maximum absolute atomic E-state index is 12.9. The van der Waals surface area contributed by atoms with Gasteiger partial charge in [0.05, 0.1) is 13.0 Å². The highest BCUT2D eigenvalue weighted by Crippen LogP contribution is 2.20. The summed E-state index contributed by atoms with van der Waals surface area (Å²) < 4.78 is 0. The van der Waals surface area contributed by atoms with Crippen molar-refractivity contribution in [3.05, 3.63) is 28.8 Å². The van der Waals surface area contributed by atoms with Crippen LogP contribution in [0.4, 0.5) is 5.69 Å². The number of carbonyl (C=O) groups excluding carboxylic acids is 3. The fourth-order valence-corrected chi connectivity index (χ4v) is 3.74. The van der Waals surface area contributed by atoms with Crippen LogP contribution in [0, 0.1) is 6.92 Å². The Labute approximate surface area is 176 Å². The Morgan fingerprint density at radius 3 is 2.62 bits per heavy atom. The van der Waals surface area contributed by atoms with Crippen LogP contribution in [0.25, 0.3) is 0 Å². The Balaban J connectivity index is 1.61. The monoisotopic (exact) mass is 421 g/mol. The van der Waals surface area contributed by atoms with Gasteiger partial charge in [-0.1, -0.05) is 17.7 Å². The van der Waals surface area contributed by atoms with Gasteiger partial charge >= 0.3 is 0 Å². The first kappa shape index (κ1) is 21.5. The van der Waals surface area contributed by atoms with Crippen LogP contribution in [0.3, 0.4) is 0 Å². The Bertz CT molecular complexity index is 779. The average molecular weight is 422 g/mol. The minimum absolute atomic E-state index is 0.0915. The Morgan fingerprint density at radius 2 is 1.93 bits per heavy atom. The van der Waals surface area contributed by atoms with Crippen LogP contribution in [0.15, 0.2) is 18.2 Å². The lowest BCUT2D eigenvalue weighted by Crippen LogP contribution is -2.60. The number of nitrogens with one attached hydrogen (secondary N) is 2. The molecule has 0 aromatic heterocycles. The van der Waals surface area contributed by atoms with Gasteiger partial charge in [-0.15, -0.1) is 0 Å². The van der Waals surface area contributed by atoms with Gasteiger partial charge in [-0.2, -0.15) is 0 Å². The summed E-state index contributed by atoms with van der Waals surface area (Å²) >= 11 is 6.10. The van der Waals surface area contributed by atoms with E-state index in [1.807, 2.05) is 13.0 Å². The lowest BCUT2D eigenvalue weighted by atomic mass is 10.1. The molecule has 1 aromatic rings. The summed E-state index contributed by atoms with van der Waals surface area (Å²) in [7, 11) is 2.06. The number of benzene rings is 1. The highest BCUT2D eigenvalue weighted by atomic mass is 35.5. The smallest absolute Gasteiger partial charge is 0.243 e. The van der Waals surface area contributed by atoms with Crippen molar-refractivity contribution in [2.45, 2.75) is 19.4 Å². The molecule has 8 nitrogen and oxygen atoms in total. The number of rotatable bonds is 5. The molecule has 2 heterocycles. The fourth-order valence-electron chi connectivity index (χ4n) is 3.56. The molecule has 2 aliphatic rings. The Hall–Kier alpha value is -2.16. The summed E-state index contributed by atoms with van der Waals surface area (Å²) in [6, 6.07) is 4.45. The minimum atomic E-state index is -0.801. The standard InChI is InChI=1S/C20H28ClN5O3/c1-14-3-4-15(11-16(14)21)23-18(27)12-17-20(29)22-5-6-26(17)19(28)13-25-9-7-24(2)8-10-25/h3-4,11,17H,5-10,12-13H2,1-2H3,(H,22,29)(H,23,27). The molecule has 158 valence electrons. The first-order valence-electron chi connectivity index (χ1n) is 9.87. The lowest BCUT2D eigenvalue weighted by Gasteiger charge is -2.37. The zero-order valence-electron chi connectivity index (χ0n) is 16.9. The molecule has 2 aliphatic heterocycles. The maximum Gasteiger partial charge on any atom is 0.243 e. The second-order valence-corrected chi connectivity index (χ2v) is 8.10. The molecule has 0 saturated carbocycles.